The Balaban J connectivity index is 2.08. The molecule has 0 spiro atoms. The molecule has 1 aliphatic rings. The topological polar surface area (TPSA) is 60.9 Å². The number of carbonyl (C=O) groups excluding carboxylic acids is 1. The highest BCUT2D eigenvalue weighted by atomic mass is 16.4. The van der Waals surface area contributed by atoms with E-state index in [1.807, 2.05) is 0 Å². The van der Waals surface area contributed by atoms with Gasteiger partial charge in [-0.2, -0.15) is 0 Å². The number of piperazine rings is 1. The molecule has 1 aliphatic heterocycles. The van der Waals surface area contributed by atoms with Crippen molar-refractivity contribution in [1.82, 2.24) is 9.80 Å². The first-order valence-electron chi connectivity index (χ1n) is 7.40. The molecule has 1 N–H and O–H groups in total. The minimum Gasteiger partial charge on any atom is -0.478 e. The highest BCUT2D eigenvalue weighted by Crippen LogP contribution is 2.15. The molecule has 21 heavy (non-hydrogen) atoms. The summed E-state index contributed by atoms with van der Waals surface area (Å²) in [7, 11) is 0. The van der Waals surface area contributed by atoms with Crippen molar-refractivity contribution < 1.29 is 14.7 Å². The molecule has 5 heteroatoms. The Labute approximate surface area is 125 Å². The second-order valence-corrected chi connectivity index (χ2v) is 5.44. The van der Waals surface area contributed by atoms with Crippen molar-refractivity contribution in [2.75, 3.05) is 26.2 Å². The van der Waals surface area contributed by atoms with Crippen LogP contribution in [0.15, 0.2) is 24.3 Å². The molecule has 1 fully saturated rings. The molecule has 2 rings (SSSR count). The maximum absolute atomic E-state index is 12.5. The van der Waals surface area contributed by atoms with E-state index in [2.05, 4.69) is 18.7 Å². The summed E-state index contributed by atoms with van der Waals surface area (Å²) in [5.41, 5.74) is 0.355. The Hall–Kier alpha value is -1.88. The first-order valence-corrected chi connectivity index (χ1v) is 7.40. The number of hydrogen-bond donors (Lipinski definition) is 1. The minimum absolute atomic E-state index is 0.0758. The van der Waals surface area contributed by atoms with Gasteiger partial charge in [0.15, 0.2) is 0 Å². The third kappa shape index (κ3) is 3.42. The van der Waals surface area contributed by atoms with Gasteiger partial charge in [0.25, 0.3) is 5.91 Å². The summed E-state index contributed by atoms with van der Waals surface area (Å²) in [5, 5.41) is 9.18. The van der Waals surface area contributed by atoms with Crippen molar-refractivity contribution in [3.05, 3.63) is 35.4 Å². The van der Waals surface area contributed by atoms with Crippen molar-refractivity contribution in [3.8, 4) is 0 Å². The summed E-state index contributed by atoms with van der Waals surface area (Å²) in [5.74, 6) is -1.24. The SMILES string of the molecule is CCC(C)N1CCN(C(=O)c2ccccc2C(=O)O)CC1. The molecule has 1 heterocycles. The molecular weight excluding hydrogens is 268 g/mol. The summed E-state index contributed by atoms with van der Waals surface area (Å²) >= 11 is 0. The minimum atomic E-state index is -1.06. The van der Waals surface area contributed by atoms with E-state index >= 15 is 0 Å². The van der Waals surface area contributed by atoms with Gasteiger partial charge < -0.3 is 10.0 Å². The fraction of sp³-hybridized carbons (Fsp3) is 0.500. The monoisotopic (exact) mass is 290 g/mol. The normalized spacial score (nSPS) is 17.5. The quantitative estimate of drug-likeness (QED) is 0.920. The van der Waals surface area contributed by atoms with Crippen LogP contribution in [0.4, 0.5) is 0 Å². The number of amides is 1. The lowest BCUT2D eigenvalue weighted by Crippen LogP contribution is -2.51. The molecule has 0 radical (unpaired) electrons. The molecule has 1 aromatic carbocycles. The fourth-order valence-electron chi connectivity index (χ4n) is 2.65. The molecule has 1 amide bonds. The Morgan fingerprint density at radius 3 is 2.24 bits per heavy atom. The van der Waals surface area contributed by atoms with Gasteiger partial charge in [0, 0.05) is 32.2 Å². The highest BCUT2D eigenvalue weighted by molar-refractivity contribution is 6.04. The van der Waals surface area contributed by atoms with Gasteiger partial charge in [-0.15, -0.1) is 0 Å². The maximum atomic E-state index is 12.5. The zero-order valence-corrected chi connectivity index (χ0v) is 12.6. The number of nitrogens with zero attached hydrogens (tertiary/aromatic N) is 2. The number of hydrogen-bond acceptors (Lipinski definition) is 3. The third-order valence-corrected chi connectivity index (χ3v) is 4.20. The Kier molecular flexibility index (Phi) is 4.96. The van der Waals surface area contributed by atoms with Crippen LogP contribution in [-0.4, -0.2) is 59.0 Å². The molecule has 0 bridgehead atoms. The summed E-state index contributed by atoms with van der Waals surface area (Å²) in [6.07, 6.45) is 1.09. The second kappa shape index (κ2) is 6.72. The van der Waals surface area contributed by atoms with Gasteiger partial charge in [0.1, 0.15) is 0 Å². The molecular formula is C16H22N2O3. The summed E-state index contributed by atoms with van der Waals surface area (Å²) in [4.78, 5) is 27.8. The Morgan fingerprint density at radius 1 is 1.14 bits per heavy atom. The molecule has 1 unspecified atom stereocenters. The van der Waals surface area contributed by atoms with Crippen molar-refractivity contribution >= 4 is 11.9 Å². The van der Waals surface area contributed by atoms with Crippen molar-refractivity contribution in [1.29, 1.82) is 0 Å². The van der Waals surface area contributed by atoms with E-state index in [4.69, 9.17) is 0 Å². The van der Waals surface area contributed by atoms with E-state index in [1.165, 1.54) is 6.07 Å². The second-order valence-electron chi connectivity index (χ2n) is 5.44. The molecule has 1 saturated heterocycles. The average molecular weight is 290 g/mol. The number of carboxylic acid groups (broad SMARTS) is 1. The van der Waals surface area contributed by atoms with Crippen molar-refractivity contribution in [3.63, 3.8) is 0 Å². The van der Waals surface area contributed by atoms with E-state index in [1.54, 1.807) is 23.1 Å². The molecule has 1 atom stereocenters. The van der Waals surface area contributed by atoms with Gasteiger partial charge in [0.05, 0.1) is 11.1 Å². The van der Waals surface area contributed by atoms with Crippen LogP contribution in [0.1, 0.15) is 41.0 Å². The van der Waals surface area contributed by atoms with Gasteiger partial charge in [-0.25, -0.2) is 4.79 Å². The molecule has 0 saturated carbocycles. The van der Waals surface area contributed by atoms with E-state index in [0.717, 1.165) is 19.5 Å². The maximum Gasteiger partial charge on any atom is 0.336 e. The summed E-state index contributed by atoms with van der Waals surface area (Å²) in [6, 6.07) is 6.93. The zero-order chi connectivity index (χ0) is 15.4. The molecule has 1 aromatic rings. The standard InChI is InChI=1S/C16H22N2O3/c1-3-12(2)17-8-10-18(11-9-17)15(19)13-6-4-5-7-14(13)16(20)21/h4-7,12H,3,8-11H2,1-2H3,(H,20,21). The van der Waals surface area contributed by atoms with E-state index < -0.39 is 5.97 Å². The summed E-state index contributed by atoms with van der Waals surface area (Å²) < 4.78 is 0. The van der Waals surface area contributed by atoms with E-state index in [-0.39, 0.29) is 17.0 Å². The predicted octanol–water partition coefficient (Wildman–Crippen LogP) is 1.94. The number of rotatable bonds is 4. The Morgan fingerprint density at radius 2 is 1.71 bits per heavy atom. The van der Waals surface area contributed by atoms with Crippen LogP contribution < -0.4 is 0 Å². The lowest BCUT2D eigenvalue weighted by Gasteiger charge is -2.38. The molecule has 0 aromatic heterocycles. The number of carboxylic acids is 1. The van der Waals surface area contributed by atoms with Crippen LogP contribution in [0.5, 0.6) is 0 Å². The van der Waals surface area contributed by atoms with Gasteiger partial charge in [-0.3, -0.25) is 9.69 Å². The zero-order valence-electron chi connectivity index (χ0n) is 12.6. The molecule has 114 valence electrons. The van der Waals surface area contributed by atoms with Gasteiger partial charge >= 0.3 is 5.97 Å². The first-order chi connectivity index (χ1) is 10.0. The van der Waals surface area contributed by atoms with Crippen molar-refractivity contribution in [2.24, 2.45) is 0 Å². The largest absolute Gasteiger partial charge is 0.478 e. The number of carbonyl (C=O) groups is 2. The number of aromatic carboxylic acids is 1. The fourth-order valence-corrected chi connectivity index (χ4v) is 2.65. The van der Waals surface area contributed by atoms with Crippen LogP contribution >= 0.6 is 0 Å². The van der Waals surface area contributed by atoms with E-state index in [9.17, 15) is 14.7 Å². The van der Waals surface area contributed by atoms with Gasteiger partial charge in [-0.05, 0) is 25.5 Å². The third-order valence-electron chi connectivity index (χ3n) is 4.20. The lowest BCUT2D eigenvalue weighted by atomic mass is 10.1. The van der Waals surface area contributed by atoms with Crippen molar-refractivity contribution in [2.45, 2.75) is 26.3 Å². The van der Waals surface area contributed by atoms with Crippen LogP contribution in [0.25, 0.3) is 0 Å². The van der Waals surface area contributed by atoms with Crippen LogP contribution in [0.2, 0.25) is 0 Å². The lowest BCUT2D eigenvalue weighted by molar-refractivity contribution is 0.0567. The van der Waals surface area contributed by atoms with Crippen LogP contribution in [0.3, 0.4) is 0 Å². The number of benzene rings is 1. The average Bonchev–Trinajstić information content (AvgIpc) is 2.53. The predicted molar refractivity (Wildman–Crippen MR) is 80.6 cm³/mol. The highest BCUT2D eigenvalue weighted by Gasteiger charge is 2.26. The van der Waals surface area contributed by atoms with Crippen LogP contribution in [0, 0.1) is 0 Å². The molecule has 0 aliphatic carbocycles. The van der Waals surface area contributed by atoms with Crippen LogP contribution in [-0.2, 0) is 0 Å². The summed E-state index contributed by atoms with van der Waals surface area (Å²) in [6.45, 7) is 7.34. The smallest absolute Gasteiger partial charge is 0.336 e. The first kappa shape index (κ1) is 15.5. The Bertz CT molecular complexity index is 522. The van der Waals surface area contributed by atoms with Gasteiger partial charge in [0.2, 0.25) is 0 Å². The molecule has 5 nitrogen and oxygen atoms in total. The van der Waals surface area contributed by atoms with Gasteiger partial charge in [-0.1, -0.05) is 19.1 Å². The van der Waals surface area contributed by atoms with E-state index in [0.29, 0.717) is 19.1 Å².